The Morgan fingerprint density at radius 1 is 1.00 bits per heavy atom. The van der Waals surface area contributed by atoms with Gasteiger partial charge in [0.2, 0.25) is 0 Å². The Morgan fingerprint density at radius 2 is 1.67 bits per heavy atom. The second kappa shape index (κ2) is 4.74. The van der Waals surface area contributed by atoms with Crippen LogP contribution in [0.1, 0.15) is 26.3 Å². The topological polar surface area (TPSA) is 0 Å². The molecule has 0 saturated carbocycles. The second-order valence-electron chi connectivity index (χ2n) is 5.42. The first-order valence-corrected chi connectivity index (χ1v) is 6.32. The minimum Gasteiger partial charge on any atom is -0.205 e. The van der Waals surface area contributed by atoms with Crippen LogP contribution < -0.4 is 0 Å². The zero-order valence-electron chi connectivity index (χ0n) is 10.8. The molecule has 0 aliphatic carbocycles. The van der Waals surface area contributed by atoms with Gasteiger partial charge in [0.15, 0.2) is 0 Å². The number of hydrogen-bond donors (Lipinski definition) is 0. The molecule has 2 heteroatoms. The van der Waals surface area contributed by atoms with Crippen molar-refractivity contribution in [1.82, 2.24) is 0 Å². The molecule has 0 aliphatic rings. The van der Waals surface area contributed by atoms with Crippen LogP contribution in [0.15, 0.2) is 42.5 Å². The monoisotopic (exact) mass is 262 g/mol. The minimum absolute atomic E-state index is 0.0391. The molecular weight excluding hydrogens is 247 g/mol. The quantitative estimate of drug-likeness (QED) is 0.642. The maximum Gasteiger partial charge on any atom is 0.141 e. The predicted molar refractivity (Wildman–Crippen MR) is 75.5 cm³/mol. The highest BCUT2D eigenvalue weighted by Crippen LogP contribution is 2.34. The van der Waals surface area contributed by atoms with Crippen LogP contribution in [0.2, 0.25) is 5.02 Å². The molecular formula is C16H16ClF. The third-order valence-electron chi connectivity index (χ3n) is 2.97. The fourth-order valence-electron chi connectivity index (χ4n) is 2.05. The molecule has 0 atom stereocenters. The van der Waals surface area contributed by atoms with Crippen molar-refractivity contribution in [2.45, 2.75) is 26.2 Å². The molecule has 2 rings (SSSR count). The first-order chi connectivity index (χ1) is 8.39. The van der Waals surface area contributed by atoms with Gasteiger partial charge in [0.25, 0.3) is 0 Å². The van der Waals surface area contributed by atoms with Gasteiger partial charge in [-0.3, -0.25) is 0 Å². The Kier molecular flexibility index (Phi) is 3.45. The van der Waals surface area contributed by atoms with Gasteiger partial charge in [0, 0.05) is 0 Å². The van der Waals surface area contributed by atoms with Gasteiger partial charge >= 0.3 is 0 Å². The van der Waals surface area contributed by atoms with Gasteiger partial charge in [-0.05, 0) is 34.2 Å². The summed E-state index contributed by atoms with van der Waals surface area (Å²) in [6.45, 7) is 6.49. The largest absolute Gasteiger partial charge is 0.205 e. The molecule has 0 unspecified atom stereocenters. The Labute approximate surface area is 112 Å². The summed E-state index contributed by atoms with van der Waals surface area (Å²) in [7, 11) is 0. The highest BCUT2D eigenvalue weighted by molar-refractivity contribution is 6.31. The Balaban J connectivity index is 2.61. The predicted octanol–water partition coefficient (Wildman–Crippen LogP) is 5.44. The molecule has 0 N–H and O–H groups in total. The van der Waals surface area contributed by atoms with Crippen molar-refractivity contribution in [3.63, 3.8) is 0 Å². The molecule has 0 bridgehead atoms. The van der Waals surface area contributed by atoms with Crippen LogP contribution in [0.4, 0.5) is 4.39 Å². The van der Waals surface area contributed by atoms with E-state index in [1.54, 1.807) is 12.1 Å². The average molecular weight is 263 g/mol. The summed E-state index contributed by atoms with van der Waals surface area (Å²) in [5.41, 5.74) is 3.32. The first-order valence-electron chi connectivity index (χ1n) is 5.94. The van der Waals surface area contributed by atoms with Crippen molar-refractivity contribution >= 4 is 11.6 Å². The van der Waals surface area contributed by atoms with E-state index in [4.69, 9.17) is 11.6 Å². The molecule has 0 fully saturated rings. The molecule has 18 heavy (non-hydrogen) atoms. The molecule has 2 aromatic rings. The van der Waals surface area contributed by atoms with E-state index in [-0.39, 0.29) is 16.3 Å². The van der Waals surface area contributed by atoms with Crippen LogP contribution >= 0.6 is 11.6 Å². The van der Waals surface area contributed by atoms with Gasteiger partial charge in [-0.25, -0.2) is 4.39 Å². The van der Waals surface area contributed by atoms with Gasteiger partial charge < -0.3 is 0 Å². The molecule has 0 nitrogen and oxygen atoms in total. The molecule has 0 amide bonds. The van der Waals surface area contributed by atoms with E-state index < -0.39 is 0 Å². The normalized spacial score (nSPS) is 11.6. The van der Waals surface area contributed by atoms with E-state index in [2.05, 4.69) is 26.8 Å². The van der Waals surface area contributed by atoms with Crippen molar-refractivity contribution in [3.8, 4) is 11.1 Å². The Morgan fingerprint density at radius 3 is 2.28 bits per heavy atom. The van der Waals surface area contributed by atoms with Crippen LogP contribution in [0.3, 0.4) is 0 Å². The van der Waals surface area contributed by atoms with Crippen molar-refractivity contribution in [2.24, 2.45) is 0 Å². The summed E-state index contributed by atoms with van der Waals surface area (Å²) < 4.78 is 13.2. The number of halogens is 2. The van der Waals surface area contributed by atoms with Crippen LogP contribution in [-0.4, -0.2) is 0 Å². The van der Waals surface area contributed by atoms with Crippen LogP contribution in [0.5, 0.6) is 0 Å². The van der Waals surface area contributed by atoms with E-state index in [1.165, 1.54) is 11.6 Å². The highest BCUT2D eigenvalue weighted by Gasteiger charge is 2.18. The van der Waals surface area contributed by atoms with Gasteiger partial charge in [-0.1, -0.05) is 62.7 Å². The third kappa shape index (κ3) is 2.56. The molecule has 0 aromatic heterocycles. The molecule has 0 heterocycles. The van der Waals surface area contributed by atoms with E-state index >= 15 is 0 Å². The van der Waals surface area contributed by atoms with E-state index in [0.717, 1.165) is 11.1 Å². The first kappa shape index (κ1) is 13.1. The lowest BCUT2D eigenvalue weighted by Gasteiger charge is -2.23. The maximum absolute atomic E-state index is 13.2. The fourth-order valence-corrected chi connectivity index (χ4v) is 2.23. The molecule has 0 radical (unpaired) electrons. The zero-order valence-corrected chi connectivity index (χ0v) is 11.6. The van der Waals surface area contributed by atoms with Gasteiger partial charge in [-0.2, -0.15) is 0 Å². The average Bonchev–Trinajstić information content (AvgIpc) is 2.32. The molecule has 94 valence electrons. The molecule has 0 spiro atoms. The SMILES string of the molecule is CC(C)(C)c1ccccc1-c1ccc(F)c(Cl)c1. The van der Waals surface area contributed by atoms with Crippen LogP contribution in [0.25, 0.3) is 11.1 Å². The summed E-state index contributed by atoms with van der Waals surface area (Å²) in [6.07, 6.45) is 0. The fraction of sp³-hybridized carbons (Fsp3) is 0.250. The van der Waals surface area contributed by atoms with Crippen molar-refractivity contribution < 1.29 is 4.39 Å². The van der Waals surface area contributed by atoms with Gasteiger partial charge in [0.1, 0.15) is 5.82 Å². The Bertz CT molecular complexity index is 568. The molecule has 0 saturated heterocycles. The lowest BCUT2D eigenvalue weighted by atomic mass is 9.82. The van der Waals surface area contributed by atoms with Crippen LogP contribution in [-0.2, 0) is 5.41 Å². The van der Waals surface area contributed by atoms with Crippen molar-refractivity contribution in [2.75, 3.05) is 0 Å². The number of rotatable bonds is 1. The molecule has 2 aromatic carbocycles. The minimum atomic E-state index is -0.381. The van der Waals surface area contributed by atoms with E-state index in [9.17, 15) is 4.39 Å². The summed E-state index contributed by atoms with van der Waals surface area (Å²) in [4.78, 5) is 0. The van der Waals surface area contributed by atoms with Crippen molar-refractivity contribution in [1.29, 1.82) is 0 Å². The van der Waals surface area contributed by atoms with Gasteiger partial charge in [-0.15, -0.1) is 0 Å². The zero-order chi connectivity index (χ0) is 13.3. The summed E-state index contributed by atoms with van der Waals surface area (Å²) in [6, 6.07) is 13.0. The lowest BCUT2D eigenvalue weighted by molar-refractivity contribution is 0.592. The lowest BCUT2D eigenvalue weighted by Crippen LogP contribution is -2.12. The standard InChI is InChI=1S/C16H16ClF/c1-16(2,3)13-7-5-4-6-12(13)11-8-9-15(18)14(17)10-11/h4-10H,1-3H3. The smallest absolute Gasteiger partial charge is 0.141 e. The van der Waals surface area contributed by atoms with Crippen molar-refractivity contribution in [3.05, 3.63) is 58.9 Å². The number of benzene rings is 2. The summed E-state index contributed by atoms with van der Waals surface area (Å²) in [5.74, 6) is -0.381. The van der Waals surface area contributed by atoms with E-state index in [1.807, 2.05) is 18.2 Å². The van der Waals surface area contributed by atoms with Gasteiger partial charge in [0.05, 0.1) is 5.02 Å². The second-order valence-corrected chi connectivity index (χ2v) is 5.83. The summed E-state index contributed by atoms with van der Waals surface area (Å²) >= 11 is 5.86. The van der Waals surface area contributed by atoms with Crippen LogP contribution in [0, 0.1) is 5.82 Å². The third-order valence-corrected chi connectivity index (χ3v) is 3.26. The number of hydrogen-bond acceptors (Lipinski definition) is 0. The maximum atomic E-state index is 13.2. The summed E-state index contributed by atoms with van der Waals surface area (Å²) in [5, 5.41) is 0.163. The molecule has 0 aliphatic heterocycles. The Hall–Kier alpha value is -1.34. The van der Waals surface area contributed by atoms with E-state index in [0.29, 0.717) is 0 Å². The highest BCUT2D eigenvalue weighted by atomic mass is 35.5.